The highest BCUT2D eigenvalue weighted by molar-refractivity contribution is 7.89. The standard InChI is InChI=1S/C21H26N4O4S/c1-3-24-15-18(14-22-24)30(26,27)25-12-6-4-5-7-20(25)21-13-19(23-29-21)16-8-10-17(28-2)11-9-16/h8-11,13-15,20H,3-7,12H2,1-2H3/t20-/m0/s1. The number of sulfonamides is 1. The van der Waals surface area contributed by atoms with Gasteiger partial charge in [0.2, 0.25) is 10.0 Å². The fourth-order valence-corrected chi connectivity index (χ4v) is 5.40. The summed E-state index contributed by atoms with van der Waals surface area (Å²) in [4.78, 5) is 0.214. The van der Waals surface area contributed by atoms with Crippen molar-refractivity contribution < 1.29 is 17.7 Å². The van der Waals surface area contributed by atoms with E-state index < -0.39 is 10.0 Å². The minimum Gasteiger partial charge on any atom is -0.497 e. The zero-order chi connectivity index (χ0) is 21.1. The van der Waals surface area contributed by atoms with Crippen LogP contribution in [0.3, 0.4) is 0 Å². The minimum absolute atomic E-state index is 0.214. The first-order valence-corrected chi connectivity index (χ1v) is 11.6. The molecule has 0 radical (unpaired) electrons. The summed E-state index contributed by atoms with van der Waals surface area (Å²) >= 11 is 0. The van der Waals surface area contributed by atoms with Crippen LogP contribution in [0, 0.1) is 0 Å². The number of nitrogens with zero attached hydrogens (tertiary/aromatic N) is 4. The number of hydrogen-bond donors (Lipinski definition) is 0. The van der Waals surface area contributed by atoms with Crippen LogP contribution in [-0.4, -0.2) is 41.3 Å². The molecule has 1 atom stereocenters. The molecule has 1 aliphatic rings. The fraction of sp³-hybridized carbons (Fsp3) is 0.429. The molecule has 0 N–H and O–H groups in total. The molecule has 8 nitrogen and oxygen atoms in total. The summed E-state index contributed by atoms with van der Waals surface area (Å²) in [5, 5.41) is 8.34. The number of benzene rings is 1. The molecule has 0 amide bonds. The number of hydrogen-bond acceptors (Lipinski definition) is 6. The zero-order valence-electron chi connectivity index (χ0n) is 17.2. The van der Waals surface area contributed by atoms with Crippen molar-refractivity contribution in [3.05, 3.63) is 48.5 Å². The average Bonchev–Trinajstić information content (AvgIpc) is 3.39. The maximum absolute atomic E-state index is 13.4. The van der Waals surface area contributed by atoms with Gasteiger partial charge in [0, 0.05) is 30.9 Å². The van der Waals surface area contributed by atoms with Crippen LogP contribution in [0.2, 0.25) is 0 Å². The molecule has 9 heteroatoms. The van der Waals surface area contributed by atoms with Gasteiger partial charge in [-0.05, 0) is 44.0 Å². The Morgan fingerprint density at radius 2 is 2.00 bits per heavy atom. The third-order valence-electron chi connectivity index (χ3n) is 5.49. The highest BCUT2D eigenvalue weighted by Crippen LogP contribution is 2.36. The summed E-state index contributed by atoms with van der Waals surface area (Å²) in [7, 11) is -2.07. The molecule has 30 heavy (non-hydrogen) atoms. The molecule has 1 saturated heterocycles. The van der Waals surface area contributed by atoms with E-state index in [9.17, 15) is 8.42 Å². The largest absolute Gasteiger partial charge is 0.497 e. The first kappa shape index (κ1) is 20.6. The van der Waals surface area contributed by atoms with Gasteiger partial charge in [0.15, 0.2) is 5.76 Å². The van der Waals surface area contributed by atoms with E-state index in [1.54, 1.807) is 22.3 Å². The Kier molecular flexibility index (Phi) is 5.92. The van der Waals surface area contributed by atoms with E-state index in [1.165, 1.54) is 6.20 Å². The van der Waals surface area contributed by atoms with Crippen LogP contribution >= 0.6 is 0 Å². The summed E-state index contributed by atoms with van der Waals surface area (Å²) in [6, 6.07) is 8.98. The summed E-state index contributed by atoms with van der Waals surface area (Å²) in [5.41, 5.74) is 1.56. The Morgan fingerprint density at radius 1 is 1.20 bits per heavy atom. The van der Waals surface area contributed by atoms with Crippen LogP contribution in [-0.2, 0) is 16.6 Å². The lowest BCUT2D eigenvalue weighted by Crippen LogP contribution is -2.34. The molecule has 2 aromatic heterocycles. The van der Waals surface area contributed by atoms with Crippen molar-refractivity contribution in [3.8, 4) is 17.0 Å². The lowest BCUT2D eigenvalue weighted by Gasteiger charge is -2.26. The zero-order valence-corrected chi connectivity index (χ0v) is 18.0. The summed E-state index contributed by atoms with van der Waals surface area (Å²) in [5.74, 6) is 1.32. The Labute approximate surface area is 176 Å². The second-order valence-corrected chi connectivity index (χ2v) is 9.25. The van der Waals surface area contributed by atoms with Crippen molar-refractivity contribution >= 4 is 10.0 Å². The normalized spacial score (nSPS) is 18.3. The SMILES string of the molecule is CCn1cc(S(=O)(=O)N2CCCCC[C@H]2c2cc(-c3ccc(OC)cc3)no2)cn1. The third-order valence-corrected chi connectivity index (χ3v) is 7.35. The highest BCUT2D eigenvalue weighted by Gasteiger charge is 2.36. The second kappa shape index (κ2) is 8.61. The van der Waals surface area contributed by atoms with Crippen molar-refractivity contribution in [1.82, 2.24) is 19.2 Å². The van der Waals surface area contributed by atoms with E-state index in [-0.39, 0.29) is 10.9 Å². The monoisotopic (exact) mass is 430 g/mol. The van der Waals surface area contributed by atoms with Crippen LogP contribution in [0.15, 0.2) is 52.1 Å². The van der Waals surface area contributed by atoms with Gasteiger partial charge in [-0.15, -0.1) is 0 Å². The van der Waals surface area contributed by atoms with Crippen molar-refractivity contribution in [1.29, 1.82) is 0 Å². The third kappa shape index (κ3) is 3.99. The average molecular weight is 431 g/mol. The second-order valence-electron chi connectivity index (χ2n) is 7.36. The fourth-order valence-electron chi connectivity index (χ4n) is 3.78. The molecule has 160 valence electrons. The van der Waals surface area contributed by atoms with Crippen LogP contribution in [0.5, 0.6) is 5.75 Å². The smallest absolute Gasteiger partial charge is 0.246 e. The van der Waals surface area contributed by atoms with E-state index in [0.29, 0.717) is 31.0 Å². The molecule has 1 aliphatic heterocycles. The van der Waals surface area contributed by atoms with E-state index in [4.69, 9.17) is 9.26 Å². The topological polar surface area (TPSA) is 90.5 Å². The van der Waals surface area contributed by atoms with Crippen molar-refractivity contribution in [3.63, 3.8) is 0 Å². The number of aromatic nitrogens is 3. The highest BCUT2D eigenvalue weighted by atomic mass is 32.2. The van der Waals surface area contributed by atoms with Gasteiger partial charge in [0.25, 0.3) is 0 Å². The molecule has 3 aromatic rings. The Morgan fingerprint density at radius 3 is 2.70 bits per heavy atom. The van der Waals surface area contributed by atoms with Gasteiger partial charge in [0.1, 0.15) is 16.3 Å². The molecule has 4 rings (SSSR count). The van der Waals surface area contributed by atoms with E-state index in [1.807, 2.05) is 37.3 Å². The molecule has 1 aromatic carbocycles. The maximum Gasteiger partial charge on any atom is 0.246 e. The van der Waals surface area contributed by atoms with Gasteiger partial charge in [-0.1, -0.05) is 18.0 Å². The molecule has 0 saturated carbocycles. The number of methoxy groups -OCH3 is 1. The quantitative estimate of drug-likeness (QED) is 0.590. The van der Waals surface area contributed by atoms with Crippen LogP contribution in [0.1, 0.15) is 44.4 Å². The maximum atomic E-state index is 13.4. The molecule has 0 unspecified atom stereocenters. The number of ether oxygens (including phenoxy) is 1. The molecule has 3 heterocycles. The van der Waals surface area contributed by atoms with E-state index >= 15 is 0 Å². The van der Waals surface area contributed by atoms with E-state index in [0.717, 1.165) is 30.6 Å². The molecule has 0 spiro atoms. The summed E-state index contributed by atoms with van der Waals surface area (Å²) in [6.07, 6.45) is 6.43. The number of aryl methyl sites for hydroxylation is 1. The molecule has 0 bridgehead atoms. The van der Waals surface area contributed by atoms with E-state index in [2.05, 4.69) is 10.3 Å². The Hall–Kier alpha value is -2.65. The van der Waals surface area contributed by atoms with Crippen LogP contribution in [0.4, 0.5) is 0 Å². The van der Waals surface area contributed by atoms with Crippen LogP contribution in [0.25, 0.3) is 11.3 Å². The first-order chi connectivity index (χ1) is 14.5. The van der Waals surface area contributed by atoms with Crippen molar-refractivity contribution in [2.45, 2.75) is 50.1 Å². The van der Waals surface area contributed by atoms with Gasteiger partial charge < -0.3 is 9.26 Å². The number of rotatable bonds is 6. The van der Waals surface area contributed by atoms with Gasteiger partial charge in [-0.25, -0.2) is 8.42 Å². The summed E-state index contributed by atoms with van der Waals surface area (Å²) in [6.45, 7) is 2.99. The van der Waals surface area contributed by atoms with Gasteiger partial charge in [0.05, 0.1) is 19.3 Å². The molecule has 0 aliphatic carbocycles. The predicted molar refractivity (Wildman–Crippen MR) is 111 cm³/mol. The predicted octanol–water partition coefficient (Wildman–Crippen LogP) is 3.87. The summed E-state index contributed by atoms with van der Waals surface area (Å²) < 4.78 is 40.8. The molecular weight excluding hydrogens is 404 g/mol. The van der Waals surface area contributed by atoms with Gasteiger partial charge in [-0.3, -0.25) is 4.68 Å². The molecule has 1 fully saturated rings. The Balaban J connectivity index is 1.66. The molecular formula is C21H26N4O4S. The lowest BCUT2D eigenvalue weighted by atomic mass is 10.1. The lowest BCUT2D eigenvalue weighted by molar-refractivity contribution is 0.259. The van der Waals surface area contributed by atoms with Crippen molar-refractivity contribution in [2.75, 3.05) is 13.7 Å². The van der Waals surface area contributed by atoms with Gasteiger partial charge >= 0.3 is 0 Å². The van der Waals surface area contributed by atoms with Crippen LogP contribution < -0.4 is 4.74 Å². The first-order valence-electron chi connectivity index (χ1n) is 10.2. The Bertz CT molecular complexity index is 1090. The van der Waals surface area contributed by atoms with Crippen molar-refractivity contribution in [2.24, 2.45) is 0 Å². The minimum atomic E-state index is -3.69. The van der Waals surface area contributed by atoms with Gasteiger partial charge in [-0.2, -0.15) is 9.40 Å².